The summed E-state index contributed by atoms with van der Waals surface area (Å²) in [5, 5.41) is 0. The van der Waals surface area contributed by atoms with E-state index in [2.05, 4.69) is 4.98 Å². The fraction of sp³-hybridized carbons (Fsp3) is 0.500. The molecule has 1 spiro atoms. The zero-order valence-electron chi connectivity index (χ0n) is 18.0. The first-order valence-corrected chi connectivity index (χ1v) is 11.2. The maximum absolute atomic E-state index is 13.3. The van der Waals surface area contributed by atoms with Gasteiger partial charge >= 0.3 is 0 Å². The fourth-order valence-electron chi connectivity index (χ4n) is 5.22. The van der Waals surface area contributed by atoms with Crippen molar-refractivity contribution in [3.05, 3.63) is 58.7 Å². The number of ether oxygens (including phenoxy) is 1. The number of hydrogen-bond donors (Lipinski definition) is 0. The van der Waals surface area contributed by atoms with Crippen molar-refractivity contribution in [2.24, 2.45) is 0 Å². The molecule has 7 heteroatoms. The molecule has 0 radical (unpaired) electrons. The number of rotatable bonds is 2. The van der Waals surface area contributed by atoms with Crippen LogP contribution < -0.4 is 0 Å². The fourth-order valence-corrected chi connectivity index (χ4v) is 5.22. The number of carbonyl (C=O) groups is 2. The molecule has 2 amide bonds. The number of carbonyl (C=O) groups excluding carboxylic acids is 2. The van der Waals surface area contributed by atoms with Crippen molar-refractivity contribution in [2.75, 3.05) is 39.4 Å². The number of morpholine rings is 1. The van der Waals surface area contributed by atoms with Gasteiger partial charge in [-0.1, -0.05) is 0 Å². The molecule has 1 atom stereocenters. The van der Waals surface area contributed by atoms with Gasteiger partial charge in [-0.2, -0.15) is 0 Å². The monoisotopic (exact) mass is 420 g/mol. The number of aryl methyl sites for hydroxylation is 2. The molecule has 7 nitrogen and oxygen atoms in total. The number of hydrogen-bond acceptors (Lipinski definition) is 5. The minimum absolute atomic E-state index is 0.00293. The Morgan fingerprint density at radius 2 is 1.65 bits per heavy atom. The molecule has 31 heavy (non-hydrogen) atoms. The first kappa shape index (κ1) is 20.1. The highest BCUT2D eigenvalue weighted by atomic mass is 16.5. The van der Waals surface area contributed by atoms with E-state index < -0.39 is 0 Å². The van der Waals surface area contributed by atoms with E-state index in [1.807, 2.05) is 18.0 Å². The Morgan fingerprint density at radius 1 is 0.968 bits per heavy atom. The Morgan fingerprint density at radius 3 is 2.35 bits per heavy atom. The van der Waals surface area contributed by atoms with Gasteiger partial charge in [-0.15, -0.1) is 0 Å². The van der Waals surface area contributed by atoms with E-state index in [1.165, 1.54) is 5.56 Å². The van der Waals surface area contributed by atoms with Gasteiger partial charge in [-0.05, 0) is 62.4 Å². The lowest BCUT2D eigenvalue weighted by Crippen LogP contribution is -2.48. The summed E-state index contributed by atoms with van der Waals surface area (Å²) >= 11 is 0. The predicted molar refractivity (Wildman–Crippen MR) is 115 cm³/mol. The Bertz CT molecular complexity index is 996. The number of likely N-dealkylation sites (tertiary alicyclic amines) is 1. The summed E-state index contributed by atoms with van der Waals surface area (Å²) in [5.41, 5.74) is 3.57. The Kier molecular flexibility index (Phi) is 5.22. The topological polar surface area (TPSA) is 75.6 Å². The summed E-state index contributed by atoms with van der Waals surface area (Å²) in [6, 6.07) is 7.11. The van der Waals surface area contributed by atoms with Crippen molar-refractivity contribution >= 4 is 11.8 Å². The first-order valence-electron chi connectivity index (χ1n) is 11.2. The molecule has 2 aromatic rings. The first-order chi connectivity index (χ1) is 15.1. The summed E-state index contributed by atoms with van der Waals surface area (Å²) < 4.78 is 5.32. The van der Waals surface area contributed by atoms with Crippen LogP contribution in [0.15, 0.2) is 30.5 Å². The smallest absolute Gasteiger partial charge is 0.254 e. The minimum Gasteiger partial charge on any atom is -0.378 e. The number of nitrogens with zero attached hydrogens (tertiary/aromatic N) is 4. The maximum Gasteiger partial charge on any atom is 0.254 e. The molecular weight excluding hydrogens is 392 g/mol. The molecule has 1 unspecified atom stereocenters. The van der Waals surface area contributed by atoms with Gasteiger partial charge in [-0.3, -0.25) is 9.59 Å². The largest absolute Gasteiger partial charge is 0.378 e. The molecule has 3 aliphatic rings. The lowest BCUT2D eigenvalue weighted by molar-refractivity contribution is 0.0303. The van der Waals surface area contributed by atoms with Crippen molar-refractivity contribution in [1.29, 1.82) is 0 Å². The summed E-state index contributed by atoms with van der Waals surface area (Å²) in [6.07, 6.45) is 6.00. The number of benzene rings is 1. The second-order valence-corrected chi connectivity index (χ2v) is 8.88. The molecule has 3 heterocycles. The van der Waals surface area contributed by atoms with Crippen LogP contribution in [0.25, 0.3) is 0 Å². The summed E-state index contributed by atoms with van der Waals surface area (Å²) in [7, 11) is 0. The lowest BCUT2D eigenvalue weighted by atomic mass is 9.77. The molecule has 2 fully saturated rings. The van der Waals surface area contributed by atoms with Gasteiger partial charge in [0, 0.05) is 48.9 Å². The van der Waals surface area contributed by atoms with Crippen LogP contribution in [0, 0.1) is 6.92 Å². The summed E-state index contributed by atoms with van der Waals surface area (Å²) in [6.45, 7) is 5.76. The third-order valence-corrected chi connectivity index (χ3v) is 6.90. The second kappa shape index (κ2) is 8.04. The van der Waals surface area contributed by atoms with Crippen LogP contribution in [-0.4, -0.2) is 71.0 Å². The van der Waals surface area contributed by atoms with E-state index in [0.29, 0.717) is 44.0 Å². The van der Waals surface area contributed by atoms with E-state index >= 15 is 0 Å². The van der Waals surface area contributed by atoms with Crippen LogP contribution in [0.3, 0.4) is 0 Å². The standard InChI is InChI=1S/C24H28N4O3/c1-17-25-15-20-7-9-24(21(20)26-17)8-2-10-28(16-24)23(30)19-5-3-18(4-6-19)22(29)27-11-13-31-14-12-27/h3-6,15H,2,7-14,16H2,1H3. The average molecular weight is 421 g/mol. The van der Waals surface area contributed by atoms with Gasteiger partial charge in [0.1, 0.15) is 5.82 Å². The van der Waals surface area contributed by atoms with Crippen LogP contribution in [0.1, 0.15) is 57.1 Å². The lowest BCUT2D eigenvalue weighted by Gasteiger charge is -2.40. The number of piperidine rings is 1. The van der Waals surface area contributed by atoms with E-state index in [9.17, 15) is 9.59 Å². The molecule has 162 valence electrons. The van der Waals surface area contributed by atoms with Crippen molar-refractivity contribution in [2.45, 2.75) is 38.0 Å². The zero-order valence-corrected chi connectivity index (χ0v) is 18.0. The molecule has 2 aliphatic heterocycles. The minimum atomic E-state index is -0.0524. The molecule has 1 aromatic carbocycles. The average Bonchev–Trinajstić information content (AvgIpc) is 3.15. The van der Waals surface area contributed by atoms with Crippen LogP contribution in [0.4, 0.5) is 0 Å². The van der Waals surface area contributed by atoms with Crippen molar-refractivity contribution in [1.82, 2.24) is 19.8 Å². The van der Waals surface area contributed by atoms with Gasteiger partial charge in [0.05, 0.1) is 18.9 Å². The van der Waals surface area contributed by atoms with Crippen LogP contribution in [-0.2, 0) is 16.6 Å². The highest BCUT2D eigenvalue weighted by Crippen LogP contribution is 2.44. The van der Waals surface area contributed by atoms with E-state index in [0.717, 1.165) is 43.7 Å². The van der Waals surface area contributed by atoms with Crippen molar-refractivity contribution in [3.63, 3.8) is 0 Å². The molecular formula is C24H28N4O3. The van der Waals surface area contributed by atoms with Crippen LogP contribution in [0.2, 0.25) is 0 Å². The van der Waals surface area contributed by atoms with Gasteiger partial charge < -0.3 is 14.5 Å². The molecule has 0 saturated carbocycles. The van der Waals surface area contributed by atoms with Gasteiger partial charge in [0.25, 0.3) is 11.8 Å². The number of amides is 2. The SMILES string of the molecule is Cc1ncc2c(n1)C1(CCCN(C(=O)c3ccc(C(=O)N4CCOCC4)cc3)C1)CC2. The van der Waals surface area contributed by atoms with Gasteiger partial charge in [0.2, 0.25) is 0 Å². The second-order valence-electron chi connectivity index (χ2n) is 8.88. The highest BCUT2D eigenvalue weighted by molar-refractivity contribution is 5.98. The quantitative estimate of drug-likeness (QED) is 0.746. The molecule has 0 bridgehead atoms. The van der Waals surface area contributed by atoms with E-state index in [-0.39, 0.29) is 17.2 Å². The van der Waals surface area contributed by atoms with E-state index in [4.69, 9.17) is 9.72 Å². The van der Waals surface area contributed by atoms with Gasteiger partial charge in [0.15, 0.2) is 0 Å². The Hall–Kier alpha value is -2.80. The molecule has 1 aromatic heterocycles. The van der Waals surface area contributed by atoms with E-state index in [1.54, 1.807) is 29.2 Å². The maximum atomic E-state index is 13.3. The van der Waals surface area contributed by atoms with Gasteiger partial charge in [-0.25, -0.2) is 9.97 Å². The molecule has 2 saturated heterocycles. The van der Waals surface area contributed by atoms with Crippen LogP contribution in [0.5, 0.6) is 0 Å². The zero-order chi connectivity index (χ0) is 21.4. The number of aromatic nitrogens is 2. The molecule has 5 rings (SSSR count). The van der Waals surface area contributed by atoms with Crippen molar-refractivity contribution < 1.29 is 14.3 Å². The molecule has 0 N–H and O–H groups in total. The number of fused-ring (bicyclic) bond motifs is 2. The predicted octanol–water partition coefficient (Wildman–Crippen LogP) is 2.38. The van der Waals surface area contributed by atoms with Crippen LogP contribution >= 0.6 is 0 Å². The normalized spacial score (nSPS) is 23.1. The summed E-state index contributed by atoms with van der Waals surface area (Å²) in [5.74, 6) is 0.824. The third-order valence-electron chi connectivity index (χ3n) is 6.90. The Balaban J connectivity index is 1.32. The Labute approximate surface area is 182 Å². The molecule has 1 aliphatic carbocycles. The highest BCUT2D eigenvalue weighted by Gasteiger charge is 2.44. The third kappa shape index (κ3) is 3.71. The summed E-state index contributed by atoms with van der Waals surface area (Å²) in [4.78, 5) is 38.8. The van der Waals surface area contributed by atoms with Crippen molar-refractivity contribution in [3.8, 4) is 0 Å².